The van der Waals surface area contributed by atoms with Crippen LogP contribution in [-0.2, 0) is 12.8 Å². The van der Waals surface area contributed by atoms with E-state index in [1.165, 1.54) is 0 Å². The average Bonchev–Trinajstić information content (AvgIpc) is 2.86. The van der Waals surface area contributed by atoms with Gasteiger partial charge < -0.3 is 5.43 Å². The minimum absolute atomic E-state index is 0.614. The highest BCUT2D eigenvalue weighted by Crippen LogP contribution is 2.13. The molecule has 0 aliphatic rings. The van der Waals surface area contributed by atoms with Crippen LogP contribution in [0.25, 0.3) is 5.82 Å². The predicted molar refractivity (Wildman–Crippen MR) is 65.7 cm³/mol. The summed E-state index contributed by atoms with van der Waals surface area (Å²) in [5.41, 5.74) is 2.56. The zero-order valence-corrected chi connectivity index (χ0v) is 10.0. The SMILES string of the molecule is CCc1nc(NN)cc(-n2ccnc2CC)n1. The number of hydrazine groups is 1. The molecule has 0 atom stereocenters. The number of imidazole rings is 1. The molecule has 0 fully saturated rings. The van der Waals surface area contributed by atoms with Gasteiger partial charge in [0.2, 0.25) is 0 Å². The highest BCUT2D eigenvalue weighted by molar-refractivity contribution is 5.41. The van der Waals surface area contributed by atoms with Crippen molar-refractivity contribution in [3.8, 4) is 5.82 Å². The van der Waals surface area contributed by atoms with Crippen molar-refractivity contribution in [2.24, 2.45) is 5.84 Å². The zero-order chi connectivity index (χ0) is 12.3. The Morgan fingerprint density at radius 3 is 2.76 bits per heavy atom. The first-order valence-electron chi connectivity index (χ1n) is 5.65. The van der Waals surface area contributed by atoms with Crippen LogP contribution in [0, 0.1) is 0 Å². The zero-order valence-electron chi connectivity index (χ0n) is 10.0. The fourth-order valence-corrected chi connectivity index (χ4v) is 1.64. The molecule has 17 heavy (non-hydrogen) atoms. The molecule has 2 aromatic rings. The van der Waals surface area contributed by atoms with E-state index in [0.717, 1.165) is 30.3 Å². The monoisotopic (exact) mass is 232 g/mol. The first-order valence-corrected chi connectivity index (χ1v) is 5.65. The molecule has 3 N–H and O–H groups in total. The topological polar surface area (TPSA) is 81.6 Å². The Morgan fingerprint density at radius 2 is 2.12 bits per heavy atom. The number of rotatable bonds is 4. The molecule has 6 nitrogen and oxygen atoms in total. The molecular formula is C11H16N6. The number of aromatic nitrogens is 4. The first-order chi connectivity index (χ1) is 8.28. The molecule has 90 valence electrons. The van der Waals surface area contributed by atoms with E-state index in [1.807, 2.05) is 17.7 Å². The summed E-state index contributed by atoms with van der Waals surface area (Å²) in [6.07, 6.45) is 5.27. The average molecular weight is 232 g/mol. The van der Waals surface area contributed by atoms with E-state index in [9.17, 15) is 0 Å². The Balaban J connectivity index is 2.51. The highest BCUT2D eigenvalue weighted by Gasteiger charge is 2.07. The number of nitrogens with two attached hydrogens (primary N) is 1. The number of anilines is 1. The second-order valence-electron chi connectivity index (χ2n) is 3.59. The Kier molecular flexibility index (Phi) is 3.34. The van der Waals surface area contributed by atoms with Crippen molar-refractivity contribution in [3.63, 3.8) is 0 Å². The Hall–Kier alpha value is -1.95. The molecule has 2 rings (SSSR count). The third-order valence-electron chi connectivity index (χ3n) is 2.50. The molecule has 0 aliphatic heterocycles. The Morgan fingerprint density at radius 1 is 1.29 bits per heavy atom. The van der Waals surface area contributed by atoms with E-state index >= 15 is 0 Å². The van der Waals surface area contributed by atoms with Crippen molar-refractivity contribution in [1.82, 2.24) is 19.5 Å². The largest absolute Gasteiger partial charge is 0.308 e. The maximum absolute atomic E-state index is 5.40. The van der Waals surface area contributed by atoms with Crippen molar-refractivity contribution < 1.29 is 0 Å². The number of nitrogens with zero attached hydrogens (tertiary/aromatic N) is 4. The smallest absolute Gasteiger partial charge is 0.145 e. The summed E-state index contributed by atoms with van der Waals surface area (Å²) < 4.78 is 1.95. The quantitative estimate of drug-likeness (QED) is 0.608. The van der Waals surface area contributed by atoms with E-state index in [0.29, 0.717) is 5.82 Å². The molecule has 0 radical (unpaired) electrons. The minimum atomic E-state index is 0.614. The van der Waals surface area contributed by atoms with Crippen molar-refractivity contribution in [2.75, 3.05) is 5.43 Å². The van der Waals surface area contributed by atoms with E-state index in [2.05, 4.69) is 27.3 Å². The van der Waals surface area contributed by atoms with Crippen molar-refractivity contribution >= 4 is 5.82 Å². The molecule has 2 heterocycles. The molecule has 0 aromatic carbocycles. The molecule has 0 amide bonds. The molecule has 0 unspecified atom stereocenters. The summed E-state index contributed by atoms with van der Waals surface area (Å²) >= 11 is 0. The van der Waals surface area contributed by atoms with E-state index in [4.69, 9.17) is 5.84 Å². The van der Waals surface area contributed by atoms with Gasteiger partial charge in [0.05, 0.1) is 0 Å². The third-order valence-corrected chi connectivity index (χ3v) is 2.50. The summed E-state index contributed by atoms with van der Waals surface area (Å²) in [5.74, 6) is 8.53. The highest BCUT2D eigenvalue weighted by atomic mass is 15.3. The van der Waals surface area contributed by atoms with Crippen molar-refractivity contribution in [2.45, 2.75) is 26.7 Å². The van der Waals surface area contributed by atoms with E-state index in [1.54, 1.807) is 12.3 Å². The maximum atomic E-state index is 5.40. The summed E-state index contributed by atoms with van der Waals surface area (Å²) in [4.78, 5) is 13.0. The second-order valence-corrected chi connectivity index (χ2v) is 3.59. The summed E-state index contributed by atoms with van der Waals surface area (Å²) in [6, 6.07) is 1.81. The maximum Gasteiger partial charge on any atom is 0.145 e. The summed E-state index contributed by atoms with van der Waals surface area (Å²) in [7, 11) is 0. The predicted octanol–water partition coefficient (Wildman–Crippen LogP) is 1.07. The van der Waals surface area contributed by atoms with Gasteiger partial charge in [-0.3, -0.25) is 4.57 Å². The molecule has 0 spiro atoms. The van der Waals surface area contributed by atoms with Crippen LogP contribution >= 0.6 is 0 Å². The van der Waals surface area contributed by atoms with Gasteiger partial charge >= 0.3 is 0 Å². The standard InChI is InChI=1S/C11H16N6/c1-3-8-14-9(16-12)7-11(15-8)17-6-5-13-10(17)4-2/h5-7H,3-4,12H2,1-2H3,(H,14,15,16). The summed E-state index contributed by atoms with van der Waals surface area (Å²) in [6.45, 7) is 4.07. The summed E-state index contributed by atoms with van der Waals surface area (Å²) in [5, 5.41) is 0. The van der Waals surface area contributed by atoms with Crippen LogP contribution in [0.4, 0.5) is 5.82 Å². The van der Waals surface area contributed by atoms with E-state index < -0.39 is 0 Å². The van der Waals surface area contributed by atoms with Crippen LogP contribution in [0.1, 0.15) is 25.5 Å². The van der Waals surface area contributed by atoms with E-state index in [-0.39, 0.29) is 0 Å². The Labute approximate surface area is 99.9 Å². The van der Waals surface area contributed by atoms with Crippen LogP contribution in [0.2, 0.25) is 0 Å². The van der Waals surface area contributed by atoms with Gasteiger partial charge in [-0.2, -0.15) is 0 Å². The number of hydrogen-bond acceptors (Lipinski definition) is 5. The lowest BCUT2D eigenvalue weighted by molar-refractivity contribution is 0.835. The molecular weight excluding hydrogens is 216 g/mol. The normalized spacial score (nSPS) is 10.5. The molecule has 0 aliphatic carbocycles. The van der Waals surface area contributed by atoms with Gasteiger partial charge in [0.15, 0.2) is 0 Å². The molecule has 2 aromatic heterocycles. The van der Waals surface area contributed by atoms with Crippen LogP contribution in [0.5, 0.6) is 0 Å². The van der Waals surface area contributed by atoms with Gasteiger partial charge in [-0.1, -0.05) is 13.8 Å². The van der Waals surface area contributed by atoms with Crippen LogP contribution < -0.4 is 11.3 Å². The van der Waals surface area contributed by atoms with Crippen LogP contribution in [0.3, 0.4) is 0 Å². The van der Waals surface area contributed by atoms with Crippen LogP contribution in [0.15, 0.2) is 18.5 Å². The lowest BCUT2D eigenvalue weighted by Crippen LogP contribution is -2.12. The third kappa shape index (κ3) is 2.26. The molecule has 0 saturated heterocycles. The Bertz CT molecular complexity index is 482. The lowest BCUT2D eigenvalue weighted by Gasteiger charge is -2.09. The fraction of sp³-hybridized carbons (Fsp3) is 0.364. The van der Waals surface area contributed by atoms with Gasteiger partial charge in [-0.25, -0.2) is 20.8 Å². The number of nitrogens with one attached hydrogen (secondary N) is 1. The van der Waals surface area contributed by atoms with Crippen molar-refractivity contribution in [3.05, 3.63) is 30.1 Å². The fourth-order valence-electron chi connectivity index (χ4n) is 1.64. The number of aryl methyl sites for hydroxylation is 2. The molecule has 0 bridgehead atoms. The lowest BCUT2D eigenvalue weighted by atomic mass is 10.4. The number of nitrogen functional groups attached to an aromatic ring is 1. The van der Waals surface area contributed by atoms with Gasteiger partial charge in [-0.15, -0.1) is 0 Å². The van der Waals surface area contributed by atoms with Gasteiger partial charge in [0.1, 0.15) is 23.3 Å². The van der Waals surface area contributed by atoms with Crippen LogP contribution in [-0.4, -0.2) is 19.5 Å². The second kappa shape index (κ2) is 4.92. The first kappa shape index (κ1) is 11.5. The minimum Gasteiger partial charge on any atom is -0.308 e. The van der Waals surface area contributed by atoms with Crippen molar-refractivity contribution in [1.29, 1.82) is 0 Å². The van der Waals surface area contributed by atoms with Gasteiger partial charge in [0, 0.05) is 31.3 Å². The molecule has 0 saturated carbocycles. The number of hydrogen-bond donors (Lipinski definition) is 2. The van der Waals surface area contributed by atoms with Gasteiger partial charge in [-0.05, 0) is 0 Å². The molecule has 6 heteroatoms. The van der Waals surface area contributed by atoms with Gasteiger partial charge in [0.25, 0.3) is 0 Å².